The number of aryl methyl sites for hydroxylation is 1. The number of amides is 2. The molecule has 162 valence electrons. The fourth-order valence-corrected chi connectivity index (χ4v) is 3.96. The summed E-state index contributed by atoms with van der Waals surface area (Å²) in [6.07, 6.45) is 1.95. The van der Waals surface area contributed by atoms with Gasteiger partial charge in [-0.05, 0) is 41.3 Å². The van der Waals surface area contributed by atoms with Crippen molar-refractivity contribution in [2.75, 3.05) is 38.2 Å². The molecule has 0 radical (unpaired) electrons. The van der Waals surface area contributed by atoms with Gasteiger partial charge in [-0.3, -0.25) is 14.5 Å². The molecule has 0 saturated carbocycles. The average Bonchev–Trinajstić information content (AvgIpc) is 3.16. The van der Waals surface area contributed by atoms with Gasteiger partial charge in [0.25, 0.3) is 0 Å². The lowest BCUT2D eigenvalue weighted by molar-refractivity contribution is -0.136. The van der Waals surface area contributed by atoms with E-state index < -0.39 is 11.8 Å². The zero-order chi connectivity index (χ0) is 21.8. The van der Waals surface area contributed by atoms with Crippen molar-refractivity contribution in [3.8, 4) is 0 Å². The molecule has 1 fully saturated rings. The predicted molar refractivity (Wildman–Crippen MR) is 121 cm³/mol. The molecule has 0 aliphatic carbocycles. The third-order valence-electron chi connectivity index (χ3n) is 5.55. The van der Waals surface area contributed by atoms with E-state index in [0.717, 1.165) is 29.6 Å². The number of fused-ring (bicyclic) bond motifs is 1. The lowest BCUT2D eigenvalue weighted by Crippen LogP contribution is -2.45. The van der Waals surface area contributed by atoms with E-state index in [1.54, 1.807) is 6.07 Å². The highest BCUT2D eigenvalue weighted by Gasteiger charge is 2.24. The molecule has 2 heterocycles. The van der Waals surface area contributed by atoms with Crippen molar-refractivity contribution in [1.82, 2.24) is 14.8 Å². The highest BCUT2D eigenvalue weighted by molar-refractivity contribution is 6.39. The minimum absolute atomic E-state index is 0.0716. The Morgan fingerprint density at radius 3 is 2.55 bits per heavy atom. The molecule has 1 unspecified atom stereocenters. The van der Waals surface area contributed by atoms with E-state index >= 15 is 0 Å². The number of hydrogen-bond donors (Lipinski definition) is 2. The van der Waals surface area contributed by atoms with E-state index in [2.05, 4.69) is 15.5 Å². The summed E-state index contributed by atoms with van der Waals surface area (Å²) in [6.45, 7) is 3.10. The number of hydrogen-bond acceptors (Lipinski definition) is 4. The molecule has 7 nitrogen and oxygen atoms in total. The topological polar surface area (TPSA) is 75.6 Å². The number of ether oxygens (including phenoxy) is 1. The van der Waals surface area contributed by atoms with Gasteiger partial charge in [0.2, 0.25) is 0 Å². The Kier molecular flexibility index (Phi) is 6.56. The monoisotopic (exact) mass is 440 g/mol. The van der Waals surface area contributed by atoms with Crippen LogP contribution in [-0.4, -0.2) is 54.1 Å². The fourth-order valence-electron chi connectivity index (χ4n) is 3.83. The van der Waals surface area contributed by atoms with Crippen LogP contribution in [0.4, 0.5) is 5.69 Å². The first-order valence-corrected chi connectivity index (χ1v) is 10.6. The van der Waals surface area contributed by atoms with Gasteiger partial charge in [0, 0.05) is 49.1 Å². The van der Waals surface area contributed by atoms with Crippen LogP contribution in [0.5, 0.6) is 0 Å². The van der Waals surface area contributed by atoms with E-state index in [1.807, 2.05) is 60.3 Å². The van der Waals surface area contributed by atoms with Crippen LogP contribution in [0.25, 0.3) is 10.9 Å². The molecule has 2 N–H and O–H groups in total. The summed E-state index contributed by atoms with van der Waals surface area (Å²) >= 11 is 6.03. The molecule has 0 spiro atoms. The number of rotatable bonds is 5. The summed E-state index contributed by atoms with van der Waals surface area (Å²) in [5, 5.41) is 7.20. The molecule has 3 aromatic rings. The van der Waals surface area contributed by atoms with Gasteiger partial charge < -0.3 is 19.9 Å². The molecule has 0 bridgehead atoms. The van der Waals surface area contributed by atoms with Crippen LogP contribution in [0.2, 0.25) is 5.02 Å². The summed E-state index contributed by atoms with van der Waals surface area (Å²) < 4.78 is 7.41. The summed E-state index contributed by atoms with van der Waals surface area (Å²) in [6, 6.07) is 15.0. The second-order valence-corrected chi connectivity index (χ2v) is 8.02. The molecule has 1 aliphatic rings. The number of carbonyl (C=O) groups is 2. The largest absolute Gasteiger partial charge is 0.379 e. The number of aromatic nitrogens is 1. The zero-order valence-electron chi connectivity index (χ0n) is 17.3. The van der Waals surface area contributed by atoms with Gasteiger partial charge in [0.15, 0.2) is 0 Å². The van der Waals surface area contributed by atoms with Crippen molar-refractivity contribution in [3.63, 3.8) is 0 Å². The highest BCUT2D eigenvalue weighted by atomic mass is 35.5. The van der Waals surface area contributed by atoms with Gasteiger partial charge in [0.05, 0.1) is 19.3 Å². The Morgan fingerprint density at radius 2 is 1.81 bits per heavy atom. The third kappa shape index (κ3) is 5.07. The number of nitrogens with one attached hydrogen (secondary N) is 2. The van der Waals surface area contributed by atoms with Crippen molar-refractivity contribution in [2.24, 2.45) is 7.05 Å². The number of benzene rings is 2. The van der Waals surface area contributed by atoms with E-state index in [4.69, 9.17) is 16.3 Å². The number of halogens is 1. The first-order valence-electron chi connectivity index (χ1n) is 10.2. The number of nitrogens with zero attached hydrogens (tertiary/aromatic N) is 2. The van der Waals surface area contributed by atoms with E-state index in [-0.39, 0.29) is 6.04 Å². The Hall–Kier alpha value is -2.87. The Balaban J connectivity index is 1.41. The minimum atomic E-state index is -0.689. The maximum absolute atomic E-state index is 12.5. The summed E-state index contributed by atoms with van der Waals surface area (Å²) in [5.41, 5.74) is 2.59. The summed E-state index contributed by atoms with van der Waals surface area (Å²) in [7, 11) is 1.93. The Morgan fingerprint density at radius 1 is 1.06 bits per heavy atom. The SMILES string of the molecule is Cn1ccc2ccc(NC(=O)C(=O)NCC(c3ccc(Cl)cc3)N3CCOCC3)cc21. The average molecular weight is 441 g/mol. The molecule has 1 aromatic heterocycles. The van der Waals surface area contributed by atoms with Gasteiger partial charge in [-0.1, -0.05) is 29.8 Å². The van der Waals surface area contributed by atoms with Gasteiger partial charge in [-0.25, -0.2) is 0 Å². The Bertz CT molecular complexity index is 1070. The zero-order valence-corrected chi connectivity index (χ0v) is 18.1. The third-order valence-corrected chi connectivity index (χ3v) is 5.80. The van der Waals surface area contributed by atoms with Crippen LogP contribution < -0.4 is 10.6 Å². The quantitative estimate of drug-likeness (QED) is 0.598. The smallest absolute Gasteiger partial charge is 0.313 e. The molecule has 2 amide bonds. The molecular formula is C23H25ClN4O3. The van der Waals surface area contributed by atoms with Crippen LogP contribution in [-0.2, 0) is 21.4 Å². The molecule has 1 saturated heterocycles. The second-order valence-electron chi connectivity index (χ2n) is 7.58. The molecule has 4 rings (SSSR count). The molecule has 31 heavy (non-hydrogen) atoms. The fraction of sp³-hybridized carbons (Fsp3) is 0.304. The first kappa shape index (κ1) is 21.4. The van der Waals surface area contributed by atoms with Crippen LogP contribution in [0.1, 0.15) is 11.6 Å². The van der Waals surface area contributed by atoms with Crippen molar-refractivity contribution in [2.45, 2.75) is 6.04 Å². The minimum Gasteiger partial charge on any atom is -0.379 e. The van der Waals surface area contributed by atoms with E-state index in [1.165, 1.54) is 0 Å². The van der Waals surface area contributed by atoms with E-state index in [0.29, 0.717) is 30.5 Å². The summed E-state index contributed by atoms with van der Waals surface area (Å²) in [4.78, 5) is 27.2. The number of morpholine rings is 1. The van der Waals surface area contributed by atoms with Gasteiger partial charge in [-0.2, -0.15) is 0 Å². The normalized spacial score (nSPS) is 15.5. The van der Waals surface area contributed by atoms with Gasteiger partial charge in [-0.15, -0.1) is 0 Å². The predicted octanol–water partition coefficient (Wildman–Crippen LogP) is 2.96. The van der Waals surface area contributed by atoms with E-state index in [9.17, 15) is 9.59 Å². The lowest BCUT2D eigenvalue weighted by atomic mass is 10.0. The van der Waals surface area contributed by atoms with Gasteiger partial charge in [0.1, 0.15) is 0 Å². The molecule has 1 aliphatic heterocycles. The standard InChI is InChI=1S/C23H25ClN4O3/c1-27-9-8-17-4-7-19(14-20(17)27)26-23(30)22(29)25-15-21(28-10-12-31-13-11-28)16-2-5-18(24)6-3-16/h2-9,14,21H,10-13,15H2,1H3,(H,25,29)(H,26,30). The maximum atomic E-state index is 12.5. The molecule has 1 atom stereocenters. The highest BCUT2D eigenvalue weighted by Crippen LogP contribution is 2.23. The van der Waals surface area contributed by atoms with Crippen molar-refractivity contribution >= 4 is 40.0 Å². The van der Waals surface area contributed by atoms with Crippen LogP contribution in [0.15, 0.2) is 54.7 Å². The van der Waals surface area contributed by atoms with Crippen LogP contribution >= 0.6 is 11.6 Å². The maximum Gasteiger partial charge on any atom is 0.313 e. The van der Waals surface area contributed by atoms with Crippen LogP contribution in [0.3, 0.4) is 0 Å². The van der Waals surface area contributed by atoms with Crippen LogP contribution in [0, 0.1) is 0 Å². The van der Waals surface area contributed by atoms with Gasteiger partial charge >= 0.3 is 11.8 Å². The van der Waals surface area contributed by atoms with Crippen molar-refractivity contribution in [1.29, 1.82) is 0 Å². The molecule has 8 heteroatoms. The summed E-state index contributed by atoms with van der Waals surface area (Å²) in [5.74, 6) is -1.36. The van der Waals surface area contributed by atoms with Crippen molar-refractivity contribution < 1.29 is 14.3 Å². The second kappa shape index (κ2) is 9.51. The number of anilines is 1. The Labute approximate surface area is 185 Å². The first-order chi connectivity index (χ1) is 15.0. The molecular weight excluding hydrogens is 416 g/mol. The number of carbonyl (C=O) groups excluding carboxylic acids is 2. The van der Waals surface area contributed by atoms with Crippen molar-refractivity contribution in [3.05, 3.63) is 65.3 Å². The molecule has 2 aromatic carbocycles. The lowest BCUT2D eigenvalue weighted by Gasteiger charge is -2.34.